The second kappa shape index (κ2) is 5.63. The third kappa shape index (κ3) is 3.17. The van der Waals surface area contributed by atoms with Crippen LogP contribution in [0.1, 0.15) is 19.8 Å². The summed E-state index contributed by atoms with van der Waals surface area (Å²) in [5.74, 6) is -0.824. The third-order valence-corrected chi connectivity index (χ3v) is 3.01. The molecule has 2 fully saturated rings. The summed E-state index contributed by atoms with van der Waals surface area (Å²) in [5, 5.41) is 9.07. The first-order valence-corrected chi connectivity index (χ1v) is 6.21. The van der Waals surface area contributed by atoms with Crippen molar-refractivity contribution in [1.82, 2.24) is 0 Å². The van der Waals surface area contributed by atoms with Crippen LogP contribution in [0.25, 0.3) is 0 Å². The van der Waals surface area contributed by atoms with Gasteiger partial charge in [-0.25, -0.2) is 0 Å². The van der Waals surface area contributed by atoms with E-state index in [0.29, 0.717) is 19.6 Å². The molecule has 0 aliphatic carbocycles. The highest BCUT2D eigenvalue weighted by molar-refractivity contribution is 4.98. The number of epoxide rings is 2. The van der Waals surface area contributed by atoms with Crippen molar-refractivity contribution in [3.05, 3.63) is 6.92 Å². The molecule has 2 heterocycles. The van der Waals surface area contributed by atoms with Gasteiger partial charge in [0.25, 0.3) is 0 Å². The van der Waals surface area contributed by atoms with Crippen LogP contribution in [0.15, 0.2) is 0 Å². The van der Waals surface area contributed by atoms with Crippen LogP contribution in [-0.2, 0) is 18.9 Å². The van der Waals surface area contributed by atoms with Crippen LogP contribution in [0.3, 0.4) is 0 Å². The number of aliphatic hydroxyl groups is 1. The van der Waals surface area contributed by atoms with Gasteiger partial charge in [0.15, 0.2) is 5.79 Å². The maximum Gasteiger partial charge on any atom is 0.197 e. The van der Waals surface area contributed by atoms with E-state index in [-0.39, 0.29) is 24.9 Å². The molecular formula is C12H21O5. The van der Waals surface area contributed by atoms with Gasteiger partial charge < -0.3 is 24.1 Å². The van der Waals surface area contributed by atoms with Crippen molar-refractivity contribution in [2.75, 3.05) is 26.4 Å². The van der Waals surface area contributed by atoms with Crippen LogP contribution in [0.4, 0.5) is 0 Å². The van der Waals surface area contributed by atoms with Crippen molar-refractivity contribution in [3.8, 4) is 0 Å². The van der Waals surface area contributed by atoms with E-state index in [1.54, 1.807) is 0 Å². The molecule has 99 valence electrons. The lowest BCUT2D eigenvalue weighted by molar-refractivity contribution is -0.248. The standard InChI is InChI=1S/C12H21O5/c1-3-5-15-12(4-2,11-10(6-13)17-11)16-8-9-7-14-9/h9-11,13H,2-8H2,1H3. The predicted molar refractivity (Wildman–Crippen MR) is 60.4 cm³/mol. The number of ether oxygens (including phenoxy) is 4. The van der Waals surface area contributed by atoms with Gasteiger partial charge in [0.1, 0.15) is 18.3 Å². The maximum atomic E-state index is 9.07. The predicted octanol–water partition coefficient (Wildman–Crippen LogP) is 0.509. The average molecular weight is 245 g/mol. The van der Waals surface area contributed by atoms with Crippen molar-refractivity contribution < 1.29 is 24.1 Å². The van der Waals surface area contributed by atoms with Gasteiger partial charge in [-0.15, -0.1) is 0 Å². The second-order valence-electron chi connectivity index (χ2n) is 4.45. The van der Waals surface area contributed by atoms with Crippen LogP contribution in [0.2, 0.25) is 0 Å². The summed E-state index contributed by atoms with van der Waals surface area (Å²) >= 11 is 0. The zero-order chi connectivity index (χ0) is 12.3. The zero-order valence-corrected chi connectivity index (χ0v) is 10.3. The van der Waals surface area contributed by atoms with Gasteiger partial charge in [0, 0.05) is 13.0 Å². The van der Waals surface area contributed by atoms with E-state index >= 15 is 0 Å². The van der Waals surface area contributed by atoms with Crippen molar-refractivity contribution in [2.45, 2.75) is 43.9 Å². The molecule has 2 aliphatic heterocycles. The van der Waals surface area contributed by atoms with Crippen molar-refractivity contribution in [2.24, 2.45) is 0 Å². The minimum atomic E-state index is -0.824. The Bertz CT molecular complexity index is 243. The van der Waals surface area contributed by atoms with Crippen LogP contribution in [0, 0.1) is 6.92 Å². The zero-order valence-electron chi connectivity index (χ0n) is 10.3. The van der Waals surface area contributed by atoms with Gasteiger partial charge in [0.2, 0.25) is 0 Å². The minimum Gasteiger partial charge on any atom is -0.394 e. The molecule has 0 aromatic rings. The Morgan fingerprint density at radius 3 is 2.71 bits per heavy atom. The van der Waals surface area contributed by atoms with Crippen LogP contribution < -0.4 is 0 Å². The summed E-state index contributed by atoms with van der Waals surface area (Å²) in [7, 11) is 0. The largest absolute Gasteiger partial charge is 0.394 e. The van der Waals surface area contributed by atoms with Gasteiger partial charge in [-0.05, 0) is 13.3 Å². The van der Waals surface area contributed by atoms with Crippen LogP contribution in [-0.4, -0.2) is 55.6 Å². The van der Waals surface area contributed by atoms with E-state index in [9.17, 15) is 0 Å². The molecule has 4 atom stereocenters. The summed E-state index contributed by atoms with van der Waals surface area (Å²) in [6.07, 6.45) is 1.14. The fraction of sp³-hybridized carbons (Fsp3) is 0.917. The molecule has 5 heteroatoms. The molecule has 1 N–H and O–H groups in total. The molecule has 0 spiro atoms. The van der Waals surface area contributed by atoms with Crippen molar-refractivity contribution in [3.63, 3.8) is 0 Å². The molecule has 4 unspecified atom stereocenters. The lowest BCUT2D eigenvalue weighted by Crippen LogP contribution is -2.44. The first kappa shape index (κ1) is 13.2. The fourth-order valence-corrected chi connectivity index (χ4v) is 1.83. The average Bonchev–Trinajstić information content (AvgIpc) is 3.23. The van der Waals surface area contributed by atoms with Crippen LogP contribution in [0.5, 0.6) is 0 Å². The Balaban J connectivity index is 1.91. The molecule has 0 aromatic heterocycles. The molecule has 0 amide bonds. The number of hydrogen-bond donors (Lipinski definition) is 1. The molecule has 2 rings (SSSR count). The topological polar surface area (TPSA) is 63.8 Å². The van der Waals surface area contributed by atoms with Crippen molar-refractivity contribution >= 4 is 0 Å². The molecule has 2 aliphatic rings. The first-order valence-electron chi connectivity index (χ1n) is 6.21. The summed E-state index contributed by atoms with van der Waals surface area (Å²) in [6.45, 7) is 7.75. The highest BCUT2D eigenvalue weighted by atomic mass is 16.7. The van der Waals surface area contributed by atoms with Crippen LogP contribution >= 0.6 is 0 Å². The Kier molecular flexibility index (Phi) is 4.38. The summed E-state index contributed by atoms with van der Waals surface area (Å²) < 4.78 is 22.1. The number of hydrogen-bond acceptors (Lipinski definition) is 5. The molecule has 5 nitrogen and oxygen atoms in total. The highest BCUT2D eigenvalue weighted by Gasteiger charge is 2.56. The van der Waals surface area contributed by atoms with Gasteiger partial charge in [-0.1, -0.05) is 6.92 Å². The Morgan fingerprint density at radius 2 is 2.24 bits per heavy atom. The van der Waals surface area contributed by atoms with E-state index in [2.05, 4.69) is 6.92 Å². The summed E-state index contributed by atoms with van der Waals surface area (Å²) in [5.41, 5.74) is 0. The normalized spacial score (nSPS) is 34.4. The number of aliphatic hydroxyl groups excluding tert-OH is 1. The Morgan fingerprint density at radius 1 is 1.47 bits per heavy atom. The van der Waals surface area contributed by atoms with Gasteiger partial charge in [0.05, 0.1) is 19.8 Å². The Hall–Kier alpha value is -0.200. The van der Waals surface area contributed by atoms with Crippen molar-refractivity contribution in [1.29, 1.82) is 0 Å². The maximum absolute atomic E-state index is 9.07. The van der Waals surface area contributed by atoms with E-state index in [1.165, 1.54) is 0 Å². The van der Waals surface area contributed by atoms with Gasteiger partial charge in [-0.2, -0.15) is 0 Å². The van der Waals surface area contributed by atoms with E-state index in [0.717, 1.165) is 13.0 Å². The van der Waals surface area contributed by atoms with E-state index in [1.807, 2.05) is 6.92 Å². The summed E-state index contributed by atoms with van der Waals surface area (Å²) in [6, 6.07) is 0. The molecule has 0 bridgehead atoms. The molecule has 1 radical (unpaired) electrons. The quantitative estimate of drug-likeness (QED) is 0.473. The lowest BCUT2D eigenvalue weighted by atomic mass is 10.1. The Labute approximate surface area is 102 Å². The SMILES string of the molecule is [CH2]CC(OCCC)(OCC1CO1)C1OC1CO. The molecule has 0 aromatic carbocycles. The highest BCUT2D eigenvalue weighted by Crippen LogP contribution is 2.38. The van der Waals surface area contributed by atoms with E-state index < -0.39 is 5.79 Å². The smallest absolute Gasteiger partial charge is 0.197 e. The summed E-state index contributed by atoms with van der Waals surface area (Å²) in [4.78, 5) is 0. The lowest BCUT2D eigenvalue weighted by Gasteiger charge is -2.31. The molecule has 0 saturated carbocycles. The second-order valence-corrected chi connectivity index (χ2v) is 4.45. The first-order chi connectivity index (χ1) is 8.25. The molecular weight excluding hydrogens is 224 g/mol. The monoisotopic (exact) mass is 245 g/mol. The minimum absolute atomic E-state index is 0.00874. The van der Waals surface area contributed by atoms with E-state index in [4.69, 9.17) is 24.1 Å². The van der Waals surface area contributed by atoms with Gasteiger partial charge in [-0.3, -0.25) is 0 Å². The fourth-order valence-electron chi connectivity index (χ4n) is 1.83. The third-order valence-electron chi connectivity index (χ3n) is 3.01. The molecule has 17 heavy (non-hydrogen) atoms. The molecule has 2 saturated heterocycles. The van der Waals surface area contributed by atoms with Gasteiger partial charge >= 0.3 is 0 Å². The number of rotatable bonds is 9.